The van der Waals surface area contributed by atoms with Crippen LogP contribution >= 0.6 is 0 Å². The summed E-state index contributed by atoms with van der Waals surface area (Å²) in [6, 6.07) is 9.33. The summed E-state index contributed by atoms with van der Waals surface area (Å²) in [7, 11) is 0. The lowest BCUT2D eigenvalue weighted by Gasteiger charge is -2.61. The maximum absolute atomic E-state index is 14.1. The van der Waals surface area contributed by atoms with Gasteiger partial charge in [-0.15, -0.1) is 0 Å². The summed E-state index contributed by atoms with van der Waals surface area (Å²) >= 11 is 0. The van der Waals surface area contributed by atoms with Gasteiger partial charge >= 0.3 is 5.97 Å². The van der Waals surface area contributed by atoms with Crippen LogP contribution in [0.3, 0.4) is 0 Å². The van der Waals surface area contributed by atoms with Crippen molar-refractivity contribution in [1.82, 2.24) is 0 Å². The number of hydrogen-bond donors (Lipinski definition) is 0. The first-order valence-electron chi connectivity index (χ1n) is 15.9. The minimum Gasteiger partial charge on any atom is -0.458 e. The van der Waals surface area contributed by atoms with Gasteiger partial charge in [-0.3, -0.25) is 4.79 Å². The molecular weight excluding hydrogens is 480 g/mol. The molecule has 0 radical (unpaired) electrons. The lowest BCUT2D eigenvalue weighted by atomic mass is 9.43. The average molecular weight is 533 g/mol. The van der Waals surface area contributed by atoms with Crippen LogP contribution in [0.25, 0.3) is 0 Å². The van der Waals surface area contributed by atoms with Gasteiger partial charge < -0.3 is 4.74 Å². The Morgan fingerprint density at radius 3 is 2.38 bits per heavy atom. The summed E-state index contributed by atoms with van der Waals surface area (Å²) in [5, 5.41) is 0. The van der Waals surface area contributed by atoms with Gasteiger partial charge in [-0.1, -0.05) is 91.5 Å². The number of Topliss-reactive ketones (excluding diaryl/α,β-unsaturated/α-hetero) is 1. The number of esters is 1. The predicted molar refractivity (Wildman–Crippen MR) is 158 cm³/mol. The van der Waals surface area contributed by atoms with Crippen LogP contribution in [0.2, 0.25) is 0 Å². The van der Waals surface area contributed by atoms with E-state index in [-0.39, 0.29) is 34.2 Å². The van der Waals surface area contributed by atoms with Crippen molar-refractivity contribution in [2.75, 3.05) is 0 Å². The number of fused-ring (bicyclic) bond motifs is 4. The molecule has 0 N–H and O–H groups in total. The molecule has 0 saturated heterocycles. The minimum absolute atomic E-state index is 0.0810. The molecule has 0 unspecified atom stereocenters. The van der Waals surface area contributed by atoms with Crippen molar-refractivity contribution in [3.63, 3.8) is 0 Å². The maximum Gasteiger partial charge on any atom is 0.338 e. The Labute approximate surface area is 237 Å². The highest BCUT2D eigenvalue weighted by Crippen LogP contribution is 2.67. The molecule has 3 saturated carbocycles. The average Bonchev–Trinajstić information content (AvgIpc) is 3.24. The van der Waals surface area contributed by atoms with Gasteiger partial charge in [0.25, 0.3) is 0 Å². The maximum atomic E-state index is 14.1. The molecule has 3 nitrogen and oxygen atoms in total. The molecule has 4 aliphatic rings. The molecule has 1 aromatic rings. The van der Waals surface area contributed by atoms with Gasteiger partial charge in [0.2, 0.25) is 0 Å². The van der Waals surface area contributed by atoms with E-state index in [1.54, 1.807) is 5.57 Å². The Balaban J connectivity index is 1.38. The molecular formula is C36H52O3. The summed E-state index contributed by atoms with van der Waals surface area (Å²) < 4.78 is 6.17. The number of ether oxygens (including phenoxy) is 1. The topological polar surface area (TPSA) is 43.4 Å². The van der Waals surface area contributed by atoms with Gasteiger partial charge in [0.15, 0.2) is 5.78 Å². The third kappa shape index (κ3) is 4.84. The Kier molecular flexibility index (Phi) is 7.70. The zero-order chi connectivity index (χ0) is 28.2. The van der Waals surface area contributed by atoms with Gasteiger partial charge in [-0.25, -0.2) is 4.79 Å². The van der Waals surface area contributed by atoms with Crippen LogP contribution in [-0.2, 0) is 9.53 Å². The smallest absolute Gasteiger partial charge is 0.338 e. The van der Waals surface area contributed by atoms with Crippen LogP contribution in [0.1, 0.15) is 123 Å². The monoisotopic (exact) mass is 532 g/mol. The quantitative estimate of drug-likeness (QED) is 0.329. The SMILES string of the molecule is CC(C)CCC[C@@H](C)[C@H]1CCC2=C3C(=O)C[C@H]4C(C)(C)[C@@H](OC(=O)c5ccccc5)CC[C@]4(C)[C@H]3CC[C@@]21C. The normalized spacial score (nSPS) is 36.3. The van der Waals surface area contributed by atoms with Crippen LogP contribution in [0.15, 0.2) is 41.5 Å². The number of allylic oxidation sites excluding steroid dienone is 2. The molecule has 0 amide bonds. The Hall–Kier alpha value is -1.90. The molecule has 0 spiro atoms. The number of carbonyl (C=O) groups is 2. The van der Waals surface area contributed by atoms with E-state index in [2.05, 4.69) is 48.5 Å². The lowest BCUT2D eigenvalue weighted by Crippen LogP contribution is -2.58. The second-order valence-corrected chi connectivity index (χ2v) is 15.2. The molecule has 214 valence electrons. The van der Waals surface area contributed by atoms with E-state index in [1.807, 2.05) is 30.3 Å². The van der Waals surface area contributed by atoms with E-state index >= 15 is 0 Å². The van der Waals surface area contributed by atoms with E-state index in [4.69, 9.17) is 4.74 Å². The van der Waals surface area contributed by atoms with Crippen molar-refractivity contribution in [2.24, 2.45) is 45.8 Å². The number of ketones is 1. The lowest BCUT2D eigenvalue weighted by molar-refractivity contribution is -0.149. The zero-order valence-corrected chi connectivity index (χ0v) is 25.6. The summed E-state index contributed by atoms with van der Waals surface area (Å²) in [5.74, 6) is 2.95. The van der Waals surface area contributed by atoms with Crippen LogP contribution in [0, 0.1) is 45.8 Å². The molecule has 3 heteroatoms. The molecule has 4 aliphatic carbocycles. The summed E-state index contributed by atoms with van der Waals surface area (Å²) in [6.45, 7) is 16.6. The molecule has 3 fully saturated rings. The Morgan fingerprint density at radius 1 is 0.974 bits per heavy atom. The van der Waals surface area contributed by atoms with Crippen molar-refractivity contribution in [1.29, 1.82) is 0 Å². The van der Waals surface area contributed by atoms with Gasteiger partial charge in [0, 0.05) is 11.8 Å². The first-order valence-corrected chi connectivity index (χ1v) is 15.9. The highest BCUT2D eigenvalue weighted by atomic mass is 16.5. The molecule has 7 atom stereocenters. The highest BCUT2D eigenvalue weighted by molar-refractivity contribution is 5.98. The minimum atomic E-state index is -0.243. The van der Waals surface area contributed by atoms with E-state index in [9.17, 15) is 9.59 Å². The van der Waals surface area contributed by atoms with Crippen molar-refractivity contribution in [3.05, 3.63) is 47.0 Å². The Bertz CT molecular complexity index is 1110. The van der Waals surface area contributed by atoms with E-state index < -0.39 is 0 Å². The molecule has 5 rings (SSSR count). The first kappa shape index (κ1) is 28.6. The van der Waals surface area contributed by atoms with Gasteiger partial charge in [0.1, 0.15) is 6.10 Å². The second kappa shape index (κ2) is 10.5. The predicted octanol–water partition coefficient (Wildman–Crippen LogP) is 9.21. The summed E-state index contributed by atoms with van der Waals surface area (Å²) in [5.41, 5.74) is 3.42. The Morgan fingerprint density at radius 2 is 1.69 bits per heavy atom. The fourth-order valence-corrected chi connectivity index (χ4v) is 9.94. The first-order chi connectivity index (χ1) is 18.4. The van der Waals surface area contributed by atoms with E-state index in [0.29, 0.717) is 29.6 Å². The van der Waals surface area contributed by atoms with Crippen molar-refractivity contribution in [2.45, 2.75) is 119 Å². The molecule has 0 aromatic heterocycles. The highest BCUT2D eigenvalue weighted by Gasteiger charge is 2.62. The third-order valence-corrected chi connectivity index (χ3v) is 12.2. The molecule has 0 aliphatic heterocycles. The summed E-state index contributed by atoms with van der Waals surface area (Å²) in [6.07, 6.45) is 11.0. The van der Waals surface area contributed by atoms with E-state index in [1.165, 1.54) is 37.7 Å². The van der Waals surface area contributed by atoms with Gasteiger partial charge in [-0.2, -0.15) is 0 Å². The fraction of sp³-hybridized carbons (Fsp3) is 0.722. The number of hydrogen-bond acceptors (Lipinski definition) is 3. The molecule has 0 heterocycles. The number of benzene rings is 1. The van der Waals surface area contributed by atoms with Crippen LogP contribution in [-0.4, -0.2) is 17.9 Å². The van der Waals surface area contributed by atoms with Crippen LogP contribution in [0.4, 0.5) is 0 Å². The van der Waals surface area contributed by atoms with E-state index in [0.717, 1.165) is 37.5 Å². The second-order valence-electron chi connectivity index (χ2n) is 15.2. The van der Waals surface area contributed by atoms with Gasteiger partial charge in [-0.05, 0) is 96.7 Å². The van der Waals surface area contributed by atoms with Crippen molar-refractivity contribution in [3.8, 4) is 0 Å². The standard InChI is InChI=1S/C36H52O3/c1-23(2)12-11-13-24(3)26-16-17-27-32-28(18-20-35(26,27)6)36(7)21-19-31(34(4,5)30(36)22-29(32)37)39-33(38)25-14-9-8-10-15-25/h8-10,14-15,23-24,26,28,30-31H,11-13,16-22H2,1-7H3/t24-,26-,28+,30+,31+,35-,36-/m1/s1. The van der Waals surface area contributed by atoms with Crippen LogP contribution in [0.5, 0.6) is 0 Å². The zero-order valence-electron chi connectivity index (χ0n) is 25.6. The fourth-order valence-electron chi connectivity index (χ4n) is 9.94. The van der Waals surface area contributed by atoms with Crippen molar-refractivity contribution < 1.29 is 14.3 Å². The van der Waals surface area contributed by atoms with Gasteiger partial charge in [0.05, 0.1) is 5.56 Å². The van der Waals surface area contributed by atoms with Crippen molar-refractivity contribution >= 4 is 11.8 Å². The summed E-state index contributed by atoms with van der Waals surface area (Å²) in [4.78, 5) is 27.1. The number of rotatable bonds is 7. The largest absolute Gasteiger partial charge is 0.458 e. The number of carbonyl (C=O) groups excluding carboxylic acids is 2. The molecule has 1 aromatic carbocycles. The van der Waals surface area contributed by atoms with Crippen LogP contribution < -0.4 is 0 Å². The molecule has 0 bridgehead atoms. The third-order valence-electron chi connectivity index (χ3n) is 12.2. The molecule has 39 heavy (non-hydrogen) atoms.